The van der Waals surface area contributed by atoms with Gasteiger partial charge in [0.25, 0.3) is 0 Å². The van der Waals surface area contributed by atoms with E-state index < -0.39 is 0 Å². The molecule has 2 aromatic rings. The summed E-state index contributed by atoms with van der Waals surface area (Å²) in [6.07, 6.45) is 3.29. The fourth-order valence-electron chi connectivity index (χ4n) is 3.76. The standard InChI is InChI=1S/C20H23ClN4O/c21-17-4-5-18-16(15-17)6-10-25(18)20(26)7-9-23-11-13-24(14-12-23)19-3-1-2-8-22-19/h1-5,8,15H,6-7,9-14H2. The molecule has 1 amide bonds. The Bertz CT molecular complexity index is 775. The van der Waals surface area contributed by atoms with Gasteiger partial charge in [-0.05, 0) is 42.3 Å². The molecule has 0 radical (unpaired) electrons. The van der Waals surface area contributed by atoms with Crippen molar-refractivity contribution in [3.8, 4) is 0 Å². The number of benzene rings is 1. The topological polar surface area (TPSA) is 39.7 Å². The molecule has 1 aromatic carbocycles. The van der Waals surface area contributed by atoms with E-state index in [1.165, 1.54) is 5.56 Å². The third-order valence-corrected chi connectivity index (χ3v) is 5.46. The SMILES string of the molecule is O=C(CCN1CCN(c2ccccn2)CC1)N1CCc2cc(Cl)ccc21. The van der Waals surface area contributed by atoms with E-state index in [0.717, 1.165) is 62.2 Å². The average molecular weight is 371 g/mol. The Kier molecular flexibility index (Phi) is 5.09. The van der Waals surface area contributed by atoms with Gasteiger partial charge >= 0.3 is 0 Å². The van der Waals surface area contributed by atoms with Crippen molar-refractivity contribution < 1.29 is 4.79 Å². The fourth-order valence-corrected chi connectivity index (χ4v) is 3.95. The van der Waals surface area contributed by atoms with Gasteiger partial charge in [-0.15, -0.1) is 0 Å². The van der Waals surface area contributed by atoms with Crippen LogP contribution in [0, 0.1) is 0 Å². The number of carbonyl (C=O) groups excluding carboxylic acids is 1. The molecule has 0 spiro atoms. The van der Waals surface area contributed by atoms with E-state index in [1.54, 1.807) is 0 Å². The van der Waals surface area contributed by atoms with E-state index in [4.69, 9.17) is 11.6 Å². The van der Waals surface area contributed by atoms with Crippen molar-refractivity contribution in [1.29, 1.82) is 0 Å². The van der Waals surface area contributed by atoms with Gasteiger partial charge < -0.3 is 9.80 Å². The first-order chi connectivity index (χ1) is 12.7. The number of amides is 1. The van der Waals surface area contributed by atoms with Crippen LogP contribution >= 0.6 is 11.6 Å². The summed E-state index contributed by atoms with van der Waals surface area (Å²) in [6, 6.07) is 11.8. The van der Waals surface area contributed by atoms with Crippen molar-refractivity contribution in [1.82, 2.24) is 9.88 Å². The summed E-state index contributed by atoms with van der Waals surface area (Å²) >= 11 is 6.05. The summed E-state index contributed by atoms with van der Waals surface area (Å²) < 4.78 is 0. The van der Waals surface area contributed by atoms with Crippen molar-refractivity contribution in [3.63, 3.8) is 0 Å². The molecule has 1 aromatic heterocycles. The van der Waals surface area contributed by atoms with E-state index in [2.05, 4.69) is 20.9 Å². The van der Waals surface area contributed by atoms with E-state index in [9.17, 15) is 4.79 Å². The van der Waals surface area contributed by atoms with Crippen LogP contribution in [0.15, 0.2) is 42.6 Å². The Morgan fingerprint density at radius 3 is 2.69 bits per heavy atom. The number of anilines is 2. The normalized spacial score (nSPS) is 17.4. The van der Waals surface area contributed by atoms with Crippen molar-refractivity contribution in [2.24, 2.45) is 0 Å². The second-order valence-electron chi connectivity index (χ2n) is 6.84. The van der Waals surface area contributed by atoms with Gasteiger partial charge in [0, 0.05) is 62.6 Å². The number of hydrogen-bond donors (Lipinski definition) is 0. The van der Waals surface area contributed by atoms with Crippen molar-refractivity contribution in [2.45, 2.75) is 12.8 Å². The van der Waals surface area contributed by atoms with Gasteiger partial charge in [-0.2, -0.15) is 0 Å². The van der Waals surface area contributed by atoms with Crippen molar-refractivity contribution in [2.75, 3.05) is 49.1 Å². The second kappa shape index (κ2) is 7.64. The van der Waals surface area contributed by atoms with Gasteiger partial charge in [-0.3, -0.25) is 9.69 Å². The first-order valence-electron chi connectivity index (χ1n) is 9.18. The lowest BCUT2D eigenvalue weighted by atomic mass is 10.2. The Hall–Kier alpha value is -2.11. The highest BCUT2D eigenvalue weighted by Gasteiger charge is 2.25. The quantitative estimate of drug-likeness (QED) is 0.829. The number of rotatable bonds is 4. The molecule has 6 heteroatoms. The van der Waals surface area contributed by atoms with E-state index >= 15 is 0 Å². The third-order valence-electron chi connectivity index (χ3n) is 5.23. The maximum atomic E-state index is 12.7. The second-order valence-corrected chi connectivity index (χ2v) is 7.27. The van der Waals surface area contributed by atoms with Gasteiger partial charge in [0.1, 0.15) is 5.82 Å². The molecule has 3 heterocycles. The first-order valence-corrected chi connectivity index (χ1v) is 9.55. The largest absolute Gasteiger partial charge is 0.354 e. The number of carbonyl (C=O) groups is 1. The zero-order valence-electron chi connectivity index (χ0n) is 14.8. The number of nitrogens with zero attached hydrogens (tertiary/aromatic N) is 4. The minimum absolute atomic E-state index is 0.207. The van der Waals surface area contributed by atoms with Crippen LogP contribution in [0.1, 0.15) is 12.0 Å². The van der Waals surface area contributed by atoms with Gasteiger partial charge in [0.05, 0.1) is 0 Å². The zero-order valence-corrected chi connectivity index (χ0v) is 15.5. The summed E-state index contributed by atoms with van der Waals surface area (Å²) in [5, 5.41) is 0.740. The van der Waals surface area contributed by atoms with Gasteiger partial charge in [0.15, 0.2) is 0 Å². The van der Waals surface area contributed by atoms with Crippen molar-refractivity contribution >= 4 is 29.0 Å². The summed E-state index contributed by atoms with van der Waals surface area (Å²) in [4.78, 5) is 23.7. The predicted molar refractivity (Wildman–Crippen MR) is 105 cm³/mol. The van der Waals surface area contributed by atoms with Crippen LogP contribution in [-0.2, 0) is 11.2 Å². The van der Waals surface area contributed by atoms with Crippen LogP contribution in [0.5, 0.6) is 0 Å². The van der Waals surface area contributed by atoms with Gasteiger partial charge in [0.2, 0.25) is 5.91 Å². The highest BCUT2D eigenvalue weighted by Crippen LogP contribution is 2.30. The molecule has 5 nitrogen and oxygen atoms in total. The molecule has 2 aliphatic rings. The minimum atomic E-state index is 0.207. The van der Waals surface area contributed by atoms with E-state index in [0.29, 0.717) is 6.42 Å². The lowest BCUT2D eigenvalue weighted by Crippen LogP contribution is -2.47. The van der Waals surface area contributed by atoms with Crippen LogP contribution < -0.4 is 9.80 Å². The zero-order chi connectivity index (χ0) is 17.9. The van der Waals surface area contributed by atoms with Gasteiger partial charge in [-0.25, -0.2) is 4.98 Å². The van der Waals surface area contributed by atoms with Gasteiger partial charge in [-0.1, -0.05) is 17.7 Å². The summed E-state index contributed by atoms with van der Waals surface area (Å²) in [6.45, 7) is 5.43. The molecule has 26 heavy (non-hydrogen) atoms. The predicted octanol–water partition coefficient (Wildman–Crippen LogP) is 2.84. The number of halogens is 1. The number of piperazine rings is 1. The molecule has 1 saturated heterocycles. The Morgan fingerprint density at radius 2 is 1.92 bits per heavy atom. The molecule has 2 aliphatic heterocycles. The van der Waals surface area contributed by atoms with Crippen LogP contribution in [0.4, 0.5) is 11.5 Å². The smallest absolute Gasteiger partial charge is 0.228 e. The molecule has 136 valence electrons. The summed E-state index contributed by atoms with van der Waals surface area (Å²) in [5.41, 5.74) is 2.20. The molecule has 0 atom stereocenters. The third kappa shape index (κ3) is 3.69. The molecule has 4 rings (SSSR count). The molecule has 0 saturated carbocycles. The highest BCUT2D eigenvalue weighted by molar-refractivity contribution is 6.30. The lowest BCUT2D eigenvalue weighted by Gasteiger charge is -2.35. The van der Waals surface area contributed by atoms with Crippen molar-refractivity contribution in [3.05, 3.63) is 53.2 Å². The van der Waals surface area contributed by atoms with Crippen LogP contribution in [0.25, 0.3) is 0 Å². The molecular formula is C20H23ClN4O. The molecule has 1 fully saturated rings. The van der Waals surface area contributed by atoms with Crippen LogP contribution in [0.2, 0.25) is 5.02 Å². The van der Waals surface area contributed by atoms with E-state index in [-0.39, 0.29) is 5.91 Å². The number of fused-ring (bicyclic) bond motifs is 1. The summed E-state index contributed by atoms with van der Waals surface area (Å²) in [5.74, 6) is 1.24. The Balaban J connectivity index is 1.27. The maximum absolute atomic E-state index is 12.7. The fraction of sp³-hybridized carbons (Fsp3) is 0.400. The van der Waals surface area contributed by atoms with Crippen LogP contribution in [-0.4, -0.2) is 55.1 Å². The molecule has 0 aliphatic carbocycles. The monoisotopic (exact) mass is 370 g/mol. The highest BCUT2D eigenvalue weighted by atomic mass is 35.5. The lowest BCUT2D eigenvalue weighted by molar-refractivity contribution is -0.118. The number of pyridine rings is 1. The number of hydrogen-bond acceptors (Lipinski definition) is 4. The maximum Gasteiger partial charge on any atom is 0.228 e. The average Bonchev–Trinajstić information content (AvgIpc) is 3.10. The molecule has 0 bridgehead atoms. The Morgan fingerprint density at radius 1 is 1.08 bits per heavy atom. The van der Waals surface area contributed by atoms with E-state index in [1.807, 2.05) is 41.4 Å². The molecular weight excluding hydrogens is 348 g/mol. The van der Waals surface area contributed by atoms with Crippen LogP contribution in [0.3, 0.4) is 0 Å². The molecule has 0 N–H and O–H groups in total. The minimum Gasteiger partial charge on any atom is -0.354 e. The number of aromatic nitrogens is 1. The molecule has 0 unspecified atom stereocenters. The first kappa shape index (κ1) is 17.3. The summed E-state index contributed by atoms with van der Waals surface area (Å²) in [7, 11) is 0. The Labute approximate surface area is 159 Å².